The van der Waals surface area contributed by atoms with Gasteiger partial charge in [0.25, 0.3) is 0 Å². The molecule has 17 aromatic rings. The van der Waals surface area contributed by atoms with Crippen LogP contribution in [0, 0.1) is 0 Å². The number of hydrogen-bond donors (Lipinski definition) is 0. The Balaban J connectivity index is 0.975. The van der Waals surface area contributed by atoms with Crippen LogP contribution in [0.3, 0.4) is 0 Å². The first-order valence-corrected chi connectivity index (χ1v) is 29.4. The number of fused-ring (bicyclic) bond motifs is 13. The van der Waals surface area contributed by atoms with Gasteiger partial charge in [0.15, 0.2) is 0 Å². The van der Waals surface area contributed by atoms with E-state index in [1.54, 1.807) is 0 Å². The fourth-order valence-corrected chi connectivity index (χ4v) is 14.5. The molecule has 17 rings (SSSR count). The Bertz CT molecular complexity index is 5370. The number of anilines is 6. The van der Waals surface area contributed by atoms with Crippen molar-refractivity contribution in [3.05, 3.63) is 303 Å². The fourth-order valence-electron chi connectivity index (χ4n) is 13.2. The van der Waals surface area contributed by atoms with Crippen LogP contribution >= 0.6 is 11.3 Å². The van der Waals surface area contributed by atoms with Crippen molar-refractivity contribution in [2.75, 3.05) is 9.80 Å². The van der Waals surface area contributed by atoms with Gasteiger partial charge in [-0.3, -0.25) is 0 Å². The molecule has 0 saturated heterocycles. The predicted molar refractivity (Wildman–Crippen MR) is 356 cm³/mol. The van der Waals surface area contributed by atoms with E-state index in [9.17, 15) is 0 Å². The Morgan fingerprint density at radius 1 is 0.298 bits per heavy atom. The van der Waals surface area contributed by atoms with Crippen LogP contribution in [0.25, 0.3) is 119 Å². The van der Waals surface area contributed by atoms with Crippen molar-refractivity contribution in [1.82, 2.24) is 9.13 Å². The van der Waals surface area contributed by atoms with E-state index in [0.717, 1.165) is 89.6 Å². The largest absolute Gasteiger partial charge is 0.455 e. The van der Waals surface area contributed by atoms with Crippen molar-refractivity contribution in [2.45, 2.75) is 0 Å². The number of furan rings is 1. The number of nitrogens with zero attached hydrogens (tertiary/aromatic N) is 4. The number of aromatic nitrogens is 2. The molecule has 0 spiro atoms. The van der Waals surface area contributed by atoms with E-state index < -0.39 is 0 Å². The Morgan fingerprint density at radius 2 is 0.821 bits per heavy atom. The summed E-state index contributed by atoms with van der Waals surface area (Å²) in [6.45, 7) is 0. The van der Waals surface area contributed by atoms with Gasteiger partial charge in [-0.25, -0.2) is 0 Å². The smallest absolute Gasteiger partial charge is 0.143 e. The predicted octanol–water partition coefficient (Wildman–Crippen LogP) is 22.4. The second-order valence-corrected chi connectivity index (χ2v) is 22.7. The maximum absolute atomic E-state index is 6.83. The fraction of sp³-hybridized carbons (Fsp3) is 0. The van der Waals surface area contributed by atoms with Crippen molar-refractivity contribution < 1.29 is 4.42 Å². The molecule has 0 aliphatic carbocycles. The molecule has 4 aromatic heterocycles. The van der Waals surface area contributed by atoms with Gasteiger partial charge in [-0.2, -0.15) is 0 Å². The molecule has 0 amide bonds. The standard InChI is InChI=1S/C78H50N4OS/c1-6-23-51(24-7-1)61-36-22-37-65-68-48-57(42-44-73(68)83-77(61)65)79(53-25-8-2-9-26-53)59-45-52(67-50-69-63-34-17-20-39-71(63)82(56-31-14-5-15-32-56)76(69)78-75(67)66-35-18-21-40-74(66)84-78)46-60(47-59)80(54-27-10-3-11-28-54)58-41-43-64-62-33-16-19-38-70(62)81(72(64)49-58)55-29-12-4-13-30-55/h1-50H. The second-order valence-electron chi connectivity index (χ2n) is 21.6. The minimum absolute atomic E-state index is 0.841. The summed E-state index contributed by atoms with van der Waals surface area (Å²) in [6.07, 6.45) is 0. The van der Waals surface area contributed by atoms with Crippen LogP contribution in [0.15, 0.2) is 308 Å². The lowest BCUT2D eigenvalue weighted by Crippen LogP contribution is -2.13. The lowest BCUT2D eigenvalue weighted by atomic mass is 9.95. The van der Waals surface area contributed by atoms with Crippen molar-refractivity contribution in [2.24, 2.45) is 0 Å². The van der Waals surface area contributed by atoms with E-state index in [2.05, 4.69) is 322 Å². The zero-order valence-electron chi connectivity index (χ0n) is 45.5. The van der Waals surface area contributed by atoms with Gasteiger partial charge in [-0.05, 0) is 138 Å². The molecule has 394 valence electrons. The van der Waals surface area contributed by atoms with Gasteiger partial charge in [-0.1, -0.05) is 182 Å². The maximum Gasteiger partial charge on any atom is 0.143 e. The molecule has 0 N–H and O–H groups in total. The van der Waals surface area contributed by atoms with E-state index in [-0.39, 0.29) is 0 Å². The highest BCUT2D eigenvalue weighted by Gasteiger charge is 2.26. The van der Waals surface area contributed by atoms with E-state index in [4.69, 9.17) is 4.42 Å². The molecular formula is C78H50N4OS. The third-order valence-electron chi connectivity index (χ3n) is 16.8. The van der Waals surface area contributed by atoms with Crippen LogP contribution in [0.4, 0.5) is 34.1 Å². The number of benzene rings is 13. The Kier molecular flexibility index (Phi) is 11.0. The third-order valence-corrected chi connectivity index (χ3v) is 18.0. The topological polar surface area (TPSA) is 29.5 Å². The Labute approximate surface area is 488 Å². The molecule has 0 aliphatic heterocycles. The van der Waals surface area contributed by atoms with E-state index in [1.807, 2.05) is 11.3 Å². The van der Waals surface area contributed by atoms with Crippen LogP contribution in [0.2, 0.25) is 0 Å². The summed E-state index contributed by atoms with van der Waals surface area (Å²) in [7, 11) is 0. The molecule has 4 heterocycles. The van der Waals surface area contributed by atoms with Crippen LogP contribution in [-0.2, 0) is 0 Å². The quantitative estimate of drug-likeness (QED) is 0.137. The average molecular weight is 1090 g/mol. The zero-order chi connectivity index (χ0) is 55.2. The molecule has 0 aliphatic rings. The number of rotatable bonds is 10. The van der Waals surface area contributed by atoms with Crippen molar-refractivity contribution in [3.63, 3.8) is 0 Å². The van der Waals surface area contributed by atoms with Gasteiger partial charge >= 0.3 is 0 Å². The monoisotopic (exact) mass is 1090 g/mol. The van der Waals surface area contributed by atoms with Crippen LogP contribution in [0.1, 0.15) is 0 Å². The van der Waals surface area contributed by atoms with Gasteiger partial charge in [0.2, 0.25) is 0 Å². The Morgan fingerprint density at radius 3 is 1.50 bits per heavy atom. The molecule has 13 aromatic carbocycles. The molecule has 0 radical (unpaired) electrons. The summed E-state index contributed by atoms with van der Waals surface area (Å²) in [6, 6.07) is 110. The summed E-state index contributed by atoms with van der Waals surface area (Å²) in [4.78, 5) is 4.87. The summed E-state index contributed by atoms with van der Waals surface area (Å²) in [5.41, 5.74) is 19.3. The van der Waals surface area contributed by atoms with E-state index >= 15 is 0 Å². The highest BCUT2D eigenvalue weighted by Crippen LogP contribution is 2.51. The van der Waals surface area contributed by atoms with Crippen LogP contribution in [-0.4, -0.2) is 9.13 Å². The van der Waals surface area contributed by atoms with Gasteiger partial charge < -0.3 is 23.4 Å². The maximum atomic E-state index is 6.83. The minimum Gasteiger partial charge on any atom is -0.455 e. The van der Waals surface area contributed by atoms with Gasteiger partial charge in [0.1, 0.15) is 11.2 Å². The van der Waals surface area contributed by atoms with Gasteiger partial charge in [-0.15, -0.1) is 11.3 Å². The molecule has 5 nitrogen and oxygen atoms in total. The molecule has 0 saturated carbocycles. The summed E-state index contributed by atoms with van der Waals surface area (Å²) in [5.74, 6) is 0. The highest BCUT2D eigenvalue weighted by molar-refractivity contribution is 7.26. The van der Waals surface area contributed by atoms with Gasteiger partial charge in [0, 0.05) is 98.9 Å². The molecule has 84 heavy (non-hydrogen) atoms. The van der Waals surface area contributed by atoms with Gasteiger partial charge in [0.05, 0.1) is 26.8 Å². The van der Waals surface area contributed by atoms with Crippen molar-refractivity contribution in [3.8, 4) is 33.6 Å². The molecule has 0 bridgehead atoms. The highest BCUT2D eigenvalue weighted by atomic mass is 32.1. The third kappa shape index (κ3) is 7.62. The average Bonchev–Trinajstić information content (AvgIpc) is 1.73. The summed E-state index contributed by atoms with van der Waals surface area (Å²) in [5, 5.41) is 9.43. The van der Waals surface area contributed by atoms with Crippen LogP contribution < -0.4 is 9.80 Å². The normalized spacial score (nSPS) is 11.8. The minimum atomic E-state index is 0.841. The Hall–Kier alpha value is -10.9. The van der Waals surface area contributed by atoms with E-state index in [1.165, 1.54) is 63.8 Å². The number of para-hydroxylation sites is 7. The van der Waals surface area contributed by atoms with E-state index in [0.29, 0.717) is 0 Å². The van der Waals surface area contributed by atoms with Crippen LogP contribution in [0.5, 0.6) is 0 Å². The first-order chi connectivity index (χ1) is 41.7. The lowest BCUT2D eigenvalue weighted by molar-refractivity contribution is 0.670. The first-order valence-electron chi connectivity index (χ1n) is 28.6. The molecule has 0 atom stereocenters. The van der Waals surface area contributed by atoms with Crippen molar-refractivity contribution in [1.29, 1.82) is 0 Å². The molecule has 0 fully saturated rings. The van der Waals surface area contributed by atoms with Crippen molar-refractivity contribution >= 4 is 131 Å². The summed E-state index contributed by atoms with van der Waals surface area (Å²) >= 11 is 1.88. The summed E-state index contributed by atoms with van der Waals surface area (Å²) < 4.78 is 14.2. The zero-order valence-corrected chi connectivity index (χ0v) is 46.3. The SMILES string of the molecule is c1ccc(-c2cccc3c2oc2ccc(N(c4ccccc4)c4cc(-c5cc6c7ccccc7n(-c7ccccc7)c6c6sc7ccccc7c56)cc(N(c5ccccc5)c5ccc6c7ccccc7n(-c7ccccc7)c6c5)c4)cc23)cc1. The molecular weight excluding hydrogens is 1040 g/mol. The molecule has 0 unspecified atom stereocenters. The molecule has 6 heteroatoms. The first kappa shape index (κ1) is 47.8. The lowest BCUT2D eigenvalue weighted by Gasteiger charge is -2.30. The second kappa shape index (κ2) is 19.4. The number of hydrogen-bond acceptors (Lipinski definition) is 4. The number of thiophene rings is 1.